The Bertz CT molecular complexity index is 117. The monoisotopic (exact) mass is 208 g/mol. The fourth-order valence-corrected chi connectivity index (χ4v) is 0.993. The van der Waals surface area contributed by atoms with Gasteiger partial charge in [-0.25, -0.2) is 8.78 Å². The molecule has 0 aromatic heterocycles. The summed E-state index contributed by atoms with van der Waals surface area (Å²) in [5, 5.41) is 0. The van der Waals surface area contributed by atoms with Gasteiger partial charge in [0.1, 0.15) is 0 Å². The Hall–Kier alpha value is -0.140. The van der Waals surface area contributed by atoms with Gasteiger partial charge in [0.05, 0.1) is 0 Å². The second-order valence-corrected chi connectivity index (χ2v) is 4.54. The van der Waals surface area contributed by atoms with E-state index in [1.165, 1.54) is 6.92 Å². The van der Waals surface area contributed by atoms with Crippen molar-refractivity contribution < 1.29 is 8.78 Å². The third-order valence-electron chi connectivity index (χ3n) is 1.91. The maximum Gasteiger partial charge on any atom is 0.250 e. The van der Waals surface area contributed by atoms with Gasteiger partial charge in [0.25, 0.3) is 0 Å². The van der Waals surface area contributed by atoms with Crippen molar-refractivity contribution in [2.75, 3.05) is 0 Å². The molecular weight excluding hydrogens is 182 g/mol. The van der Waals surface area contributed by atoms with Crippen LogP contribution < -0.4 is 0 Å². The van der Waals surface area contributed by atoms with E-state index in [0.29, 0.717) is 6.42 Å². The Morgan fingerprint density at radius 2 is 1.36 bits per heavy atom. The fraction of sp³-hybridized carbons (Fsp3) is 1.00. The van der Waals surface area contributed by atoms with E-state index in [9.17, 15) is 8.78 Å². The SMILES string of the molecule is CC(C)C.CCCC(C)C(F)(F)CC. The summed E-state index contributed by atoms with van der Waals surface area (Å²) in [5.74, 6) is -2.07. The van der Waals surface area contributed by atoms with Crippen LogP contribution in [0.15, 0.2) is 0 Å². The summed E-state index contributed by atoms with van der Waals surface area (Å²) >= 11 is 0. The number of rotatable bonds is 4. The first-order valence-electron chi connectivity index (χ1n) is 5.65. The Kier molecular flexibility index (Phi) is 9.53. The van der Waals surface area contributed by atoms with Crippen molar-refractivity contribution in [1.82, 2.24) is 0 Å². The summed E-state index contributed by atoms with van der Waals surface area (Å²) < 4.78 is 25.5. The second kappa shape index (κ2) is 8.19. The zero-order chi connectivity index (χ0) is 11.8. The molecule has 2 heteroatoms. The van der Waals surface area contributed by atoms with Gasteiger partial charge < -0.3 is 0 Å². The second-order valence-electron chi connectivity index (χ2n) is 4.54. The van der Waals surface area contributed by atoms with E-state index in [1.54, 1.807) is 6.92 Å². The summed E-state index contributed by atoms with van der Waals surface area (Å²) in [7, 11) is 0. The molecule has 0 radical (unpaired) electrons. The average Bonchev–Trinajstić information content (AvgIpc) is 2.04. The molecule has 0 N–H and O–H groups in total. The summed E-state index contributed by atoms with van der Waals surface area (Å²) in [5.41, 5.74) is 0. The van der Waals surface area contributed by atoms with E-state index in [0.717, 1.165) is 12.3 Å². The van der Waals surface area contributed by atoms with Crippen LogP contribution in [-0.2, 0) is 0 Å². The molecule has 88 valence electrons. The molecule has 0 saturated heterocycles. The Morgan fingerprint density at radius 1 is 1.00 bits per heavy atom. The molecule has 0 spiro atoms. The fourth-order valence-electron chi connectivity index (χ4n) is 0.993. The van der Waals surface area contributed by atoms with Crippen molar-refractivity contribution in [3.05, 3.63) is 0 Å². The highest BCUT2D eigenvalue weighted by Gasteiger charge is 2.32. The van der Waals surface area contributed by atoms with E-state index < -0.39 is 11.8 Å². The predicted molar refractivity (Wildman–Crippen MR) is 59.8 cm³/mol. The van der Waals surface area contributed by atoms with Gasteiger partial charge in [0.15, 0.2) is 0 Å². The lowest BCUT2D eigenvalue weighted by molar-refractivity contribution is -0.0574. The van der Waals surface area contributed by atoms with Crippen molar-refractivity contribution in [3.8, 4) is 0 Å². The van der Waals surface area contributed by atoms with Crippen molar-refractivity contribution in [1.29, 1.82) is 0 Å². The maximum atomic E-state index is 12.7. The topological polar surface area (TPSA) is 0 Å². The number of hydrogen-bond acceptors (Lipinski definition) is 0. The van der Waals surface area contributed by atoms with Gasteiger partial charge in [-0.2, -0.15) is 0 Å². The highest BCUT2D eigenvalue weighted by molar-refractivity contribution is 4.70. The third kappa shape index (κ3) is 9.94. The van der Waals surface area contributed by atoms with E-state index >= 15 is 0 Å². The highest BCUT2D eigenvalue weighted by atomic mass is 19.3. The van der Waals surface area contributed by atoms with Gasteiger partial charge in [-0.1, -0.05) is 48.0 Å². The van der Waals surface area contributed by atoms with Gasteiger partial charge in [-0.15, -0.1) is 0 Å². The van der Waals surface area contributed by atoms with Gasteiger partial charge in [-0.05, 0) is 12.3 Å². The van der Waals surface area contributed by atoms with E-state index in [2.05, 4.69) is 20.8 Å². The van der Waals surface area contributed by atoms with Gasteiger partial charge in [-0.3, -0.25) is 0 Å². The number of hydrogen-bond donors (Lipinski definition) is 0. The zero-order valence-electron chi connectivity index (χ0n) is 10.5. The predicted octanol–water partition coefficient (Wildman–Crippen LogP) is 5.13. The molecule has 1 unspecified atom stereocenters. The molecule has 0 nitrogen and oxygen atoms in total. The first kappa shape index (κ1) is 16.3. The first-order valence-corrected chi connectivity index (χ1v) is 5.65. The lowest BCUT2D eigenvalue weighted by Gasteiger charge is -2.21. The van der Waals surface area contributed by atoms with Crippen LogP contribution in [0.5, 0.6) is 0 Å². The van der Waals surface area contributed by atoms with Crippen LogP contribution in [0.25, 0.3) is 0 Å². The average molecular weight is 208 g/mol. The van der Waals surface area contributed by atoms with Crippen LogP contribution in [0, 0.1) is 11.8 Å². The van der Waals surface area contributed by atoms with E-state index in [1.807, 2.05) is 6.92 Å². The van der Waals surface area contributed by atoms with Crippen LogP contribution in [0.4, 0.5) is 8.78 Å². The molecule has 1 atom stereocenters. The molecule has 0 rings (SSSR count). The largest absolute Gasteiger partial charge is 0.250 e. The summed E-state index contributed by atoms with van der Waals surface area (Å²) in [4.78, 5) is 0. The summed E-state index contributed by atoms with van der Waals surface area (Å²) in [6.45, 7) is 11.6. The molecule has 0 amide bonds. The molecule has 0 aliphatic rings. The number of halogens is 2. The molecule has 0 fully saturated rings. The highest BCUT2D eigenvalue weighted by Crippen LogP contribution is 2.30. The number of alkyl halides is 2. The molecule has 0 saturated carbocycles. The zero-order valence-corrected chi connectivity index (χ0v) is 10.5. The molecule has 0 aliphatic carbocycles. The van der Waals surface area contributed by atoms with E-state index in [-0.39, 0.29) is 6.42 Å². The van der Waals surface area contributed by atoms with Crippen molar-refractivity contribution in [2.45, 2.75) is 66.7 Å². The molecule has 0 heterocycles. The Balaban J connectivity index is 0. The van der Waals surface area contributed by atoms with Crippen LogP contribution >= 0.6 is 0 Å². The minimum atomic E-state index is -2.45. The smallest absolute Gasteiger partial charge is 0.207 e. The molecular formula is C12H26F2. The quantitative estimate of drug-likeness (QED) is 0.600. The van der Waals surface area contributed by atoms with Crippen LogP contribution in [0.1, 0.15) is 60.8 Å². The Labute approximate surface area is 88.1 Å². The maximum absolute atomic E-state index is 12.7. The van der Waals surface area contributed by atoms with Crippen LogP contribution in [0.3, 0.4) is 0 Å². The summed E-state index contributed by atoms with van der Waals surface area (Å²) in [6, 6.07) is 0. The molecule has 0 aromatic rings. The Morgan fingerprint density at radius 3 is 1.57 bits per heavy atom. The first-order chi connectivity index (χ1) is 6.27. The van der Waals surface area contributed by atoms with E-state index in [4.69, 9.17) is 0 Å². The standard InChI is InChI=1S/C8H16F2.C4H10/c1-4-6-7(3)8(9,10)5-2;1-4(2)3/h7H,4-6H2,1-3H3;4H,1-3H3. The van der Waals surface area contributed by atoms with Crippen LogP contribution in [-0.4, -0.2) is 5.92 Å². The molecule has 0 aromatic carbocycles. The van der Waals surface area contributed by atoms with Crippen molar-refractivity contribution in [3.63, 3.8) is 0 Å². The van der Waals surface area contributed by atoms with Crippen molar-refractivity contribution >= 4 is 0 Å². The lowest BCUT2D eigenvalue weighted by Crippen LogP contribution is -2.24. The van der Waals surface area contributed by atoms with Crippen molar-refractivity contribution in [2.24, 2.45) is 11.8 Å². The minimum Gasteiger partial charge on any atom is -0.207 e. The molecule has 0 bridgehead atoms. The van der Waals surface area contributed by atoms with Gasteiger partial charge in [0.2, 0.25) is 5.92 Å². The third-order valence-corrected chi connectivity index (χ3v) is 1.91. The summed E-state index contributed by atoms with van der Waals surface area (Å²) in [6.07, 6.45) is 1.44. The molecule has 0 aliphatic heterocycles. The lowest BCUT2D eigenvalue weighted by atomic mass is 9.97. The van der Waals surface area contributed by atoms with Gasteiger partial charge >= 0.3 is 0 Å². The minimum absolute atomic E-state index is 0.0336. The normalized spacial score (nSPS) is 13.5. The molecule has 14 heavy (non-hydrogen) atoms. The van der Waals surface area contributed by atoms with Gasteiger partial charge in [0, 0.05) is 12.3 Å². The van der Waals surface area contributed by atoms with Crippen LogP contribution in [0.2, 0.25) is 0 Å².